The number of pyridine rings is 1. The van der Waals surface area contributed by atoms with Gasteiger partial charge in [-0.25, -0.2) is 4.98 Å². The summed E-state index contributed by atoms with van der Waals surface area (Å²) < 4.78 is 40.8. The van der Waals surface area contributed by atoms with Crippen LogP contribution in [0, 0.1) is 5.41 Å². The van der Waals surface area contributed by atoms with E-state index >= 15 is 0 Å². The molecule has 2 aromatic carbocycles. The standard InChI is InChI=1S/C29H27Cl2F3N2O3/c1-3-23(22-8-5-9-24(35-22)29(32,33)34)36-26(17-10-12-19(30)13-11-17)21(18-6-4-7-20(31)14-18)15-28(2,27(36)39)16-25(37)38/h4-14,21,23,26H,3,15-16H2,1-2H3,(H,37,38)/t21-,23-,26-,28+/m1/s1. The molecule has 2 heterocycles. The maximum Gasteiger partial charge on any atom is 0.433 e. The highest BCUT2D eigenvalue weighted by Crippen LogP contribution is 2.54. The van der Waals surface area contributed by atoms with E-state index in [1.165, 1.54) is 17.0 Å². The highest BCUT2D eigenvalue weighted by molar-refractivity contribution is 6.30. The number of aliphatic carboxylic acids is 1. The Morgan fingerprint density at radius 2 is 1.74 bits per heavy atom. The van der Waals surface area contributed by atoms with Gasteiger partial charge in [0.1, 0.15) is 5.69 Å². The predicted molar refractivity (Wildman–Crippen MR) is 142 cm³/mol. The van der Waals surface area contributed by atoms with E-state index in [0.29, 0.717) is 15.6 Å². The fraction of sp³-hybridized carbons (Fsp3) is 0.345. The van der Waals surface area contributed by atoms with Crippen molar-refractivity contribution in [3.63, 3.8) is 0 Å². The molecule has 1 saturated heterocycles. The Labute approximate surface area is 234 Å². The Hall–Kier alpha value is -3.10. The van der Waals surface area contributed by atoms with Crippen molar-refractivity contribution in [3.8, 4) is 0 Å². The molecule has 1 fully saturated rings. The number of carboxylic acid groups (broad SMARTS) is 1. The first-order valence-electron chi connectivity index (χ1n) is 12.4. The van der Waals surface area contributed by atoms with Crippen LogP contribution in [0.3, 0.4) is 0 Å². The van der Waals surface area contributed by atoms with Gasteiger partial charge < -0.3 is 10.0 Å². The van der Waals surface area contributed by atoms with Crippen molar-refractivity contribution in [2.24, 2.45) is 5.41 Å². The molecule has 0 unspecified atom stereocenters. The minimum absolute atomic E-state index is 0.0732. The number of carbonyl (C=O) groups excluding carboxylic acids is 1. The molecule has 1 N–H and O–H groups in total. The number of carboxylic acids is 1. The van der Waals surface area contributed by atoms with E-state index in [0.717, 1.165) is 11.6 Å². The highest BCUT2D eigenvalue weighted by Gasteiger charge is 2.52. The summed E-state index contributed by atoms with van der Waals surface area (Å²) in [5.41, 5.74) is -0.838. The van der Waals surface area contributed by atoms with Crippen LogP contribution in [0.2, 0.25) is 10.0 Å². The SMILES string of the molecule is CC[C@H](c1cccc(C(F)(F)F)n1)N1C(=O)[C@](C)(CC(=O)O)C[C@H](c2cccc(Cl)c2)[C@H]1c1ccc(Cl)cc1. The lowest BCUT2D eigenvalue weighted by molar-refractivity contribution is -0.161. The maximum absolute atomic E-state index is 14.3. The molecule has 1 aliphatic heterocycles. The van der Waals surface area contributed by atoms with Crippen LogP contribution in [0.1, 0.15) is 73.6 Å². The number of piperidine rings is 1. The molecule has 0 spiro atoms. The van der Waals surface area contributed by atoms with Gasteiger partial charge in [0.25, 0.3) is 0 Å². The molecule has 0 radical (unpaired) electrons. The monoisotopic (exact) mass is 578 g/mol. The van der Waals surface area contributed by atoms with E-state index in [1.54, 1.807) is 56.3 Å². The van der Waals surface area contributed by atoms with E-state index in [4.69, 9.17) is 23.2 Å². The van der Waals surface area contributed by atoms with Crippen molar-refractivity contribution < 1.29 is 27.9 Å². The third-order valence-corrected chi connectivity index (χ3v) is 7.74. The van der Waals surface area contributed by atoms with Crippen LogP contribution < -0.4 is 0 Å². The fourth-order valence-corrected chi connectivity index (χ4v) is 5.89. The first-order valence-corrected chi connectivity index (χ1v) is 13.2. The average molecular weight is 579 g/mol. The van der Waals surface area contributed by atoms with Crippen molar-refractivity contribution >= 4 is 35.1 Å². The molecule has 1 amide bonds. The second-order valence-electron chi connectivity index (χ2n) is 10.1. The van der Waals surface area contributed by atoms with E-state index in [1.807, 2.05) is 6.07 Å². The number of halogens is 5. The zero-order valence-electron chi connectivity index (χ0n) is 21.3. The van der Waals surface area contributed by atoms with Crippen molar-refractivity contribution in [2.75, 3.05) is 0 Å². The predicted octanol–water partition coefficient (Wildman–Crippen LogP) is 8.10. The number of hydrogen-bond donors (Lipinski definition) is 1. The third kappa shape index (κ3) is 6.07. The van der Waals surface area contributed by atoms with Gasteiger partial charge in [0.05, 0.1) is 29.6 Å². The first kappa shape index (κ1) is 28.9. The van der Waals surface area contributed by atoms with E-state index < -0.39 is 53.6 Å². The second kappa shape index (κ2) is 11.2. The van der Waals surface area contributed by atoms with Crippen LogP contribution >= 0.6 is 23.2 Å². The van der Waals surface area contributed by atoms with Gasteiger partial charge in [-0.05, 0) is 60.4 Å². The lowest BCUT2D eigenvalue weighted by atomic mass is 9.67. The van der Waals surface area contributed by atoms with E-state index in [9.17, 15) is 27.9 Å². The van der Waals surface area contributed by atoms with Crippen LogP contribution in [0.5, 0.6) is 0 Å². The lowest BCUT2D eigenvalue weighted by Crippen LogP contribution is -2.53. The molecular formula is C29H27Cl2F3N2O3. The van der Waals surface area contributed by atoms with Crippen molar-refractivity contribution in [3.05, 3.63) is 99.3 Å². The van der Waals surface area contributed by atoms with Crippen LogP contribution in [-0.2, 0) is 15.8 Å². The number of nitrogens with zero attached hydrogens (tertiary/aromatic N) is 2. The van der Waals surface area contributed by atoms with Crippen LogP contribution in [0.15, 0.2) is 66.7 Å². The Kier molecular flexibility index (Phi) is 8.28. The maximum atomic E-state index is 14.3. The Bertz CT molecular complexity index is 1370. The molecule has 0 saturated carbocycles. The molecule has 4 atom stereocenters. The zero-order chi connectivity index (χ0) is 28.5. The molecule has 1 aromatic heterocycles. The molecule has 5 nitrogen and oxygen atoms in total. The number of carbonyl (C=O) groups is 2. The zero-order valence-corrected chi connectivity index (χ0v) is 22.8. The summed E-state index contributed by atoms with van der Waals surface area (Å²) in [5, 5.41) is 10.7. The summed E-state index contributed by atoms with van der Waals surface area (Å²) in [6.07, 6.45) is -4.68. The summed E-state index contributed by atoms with van der Waals surface area (Å²) >= 11 is 12.5. The quantitative estimate of drug-likeness (QED) is 0.307. The first-order chi connectivity index (χ1) is 18.3. The van der Waals surface area contributed by atoms with Crippen LogP contribution in [-0.4, -0.2) is 26.9 Å². The number of likely N-dealkylation sites (tertiary alicyclic amines) is 1. The number of hydrogen-bond acceptors (Lipinski definition) is 3. The van der Waals surface area contributed by atoms with Crippen molar-refractivity contribution in [1.82, 2.24) is 9.88 Å². The van der Waals surface area contributed by atoms with Crippen molar-refractivity contribution in [1.29, 1.82) is 0 Å². The normalized spacial score (nSPS) is 22.5. The highest BCUT2D eigenvalue weighted by atomic mass is 35.5. The summed E-state index contributed by atoms with van der Waals surface area (Å²) in [6, 6.07) is 16.1. The van der Waals surface area contributed by atoms with Gasteiger partial charge >= 0.3 is 12.1 Å². The minimum atomic E-state index is -4.67. The van der Waals surface area contributed by atoms with Gasteiger partial charge in [0.2, 0.25) is 5.91 Å². The van der Waals surface area contributed by atoms with Crippen molar-refractivity contribution in [2.45, 2.75) is 57.3 Å². The van der Waals surface area contributed by atoms with Gasteiger partial charge in [-0.3, -0.25) is 9.59 Å². The van der Waals surface area contributed by atoms with Gasteiger partial charge in [-0.1, -0.05) is 67.4 Å². The minimum Gasteiger partial charge on any atom is -0.481 e. The average Bonchev–Trinajstić information content (AvgIpc) is 2.87. The molecule has 0 aliphatic carbocycles. The molecular weight excluding hydrogens is 552 g/mol. The van der Waals surface area contributed by atoms with Crippen LogP contribution in [0.4, 0.5) is 13.2 Å². The molecule has 39 heavy (non-hydrogen) atoms. The summed E-state index contributed by atoms with van der Waals surface area (Å²) in [5.74, 6) is -2.04. The molecule has 10 heteroatoms. The smallest absolute Gasteiger partial charge is 0.433 e. The molecule has 206 valence electrons. The lowest BCUT2D eigenvalue weighted by Gasteiger charge is -2.51. The van der Waals surface area contributed by atoms with E-state index in [2.05, 4.69) is 4.98 Å². The van der Waals surface area contributed by atoms with Gasteiger partial charge in [0, 0.05) is 16.0 Å². The summed E-state index contributed by atoms with van der Waals surface area (Å²) in [6.45, 7) is 3.36. The Morgan fingerprint density at radius 1 is 1.08 bits per heavy atom. The molecule has 1 aliphatic rings. The molecule has 3 aromatic rings. The van der Waals surface area contributed by atoms with Gasteiger partial charge in [0.15, 0.2) is 0 Å². The molecule has 4 rings (SSSR count). The topological polar surface area (TPSA) is 70.5 Å². The van der Waals surface area contributed by atoms with E-state index in [-0.39, 0.29) is 18.5 Å². The third-order valence-electron chi connectivity index (χ3n) is 7.26. The number of amides is 1. The van der Waals surface area contributed by atoms with Crippen LogP contribution in [0.25, 0.3) is 0 Å². The Morgan fingerprint density at radius 3 is 2.33 bits per heavy atom. The van der Waals surface area contributed by atoms with Gasteiger partial charge in [-0.15, -0.1) is 0 Å². The fourth-order valence-electron chi connectivity index (χ4n) is 5.57. The number of alkyl halides is 3. The molecule has 0 bridgehead atoms. The number of aromatic nitrogens is 1. The largest absolute Gasteiger partial charge is 0.481 e. The summed E-state index contributed by atoms with van der Waals surface area (Å²) in [4.78, 5) is 31.7. The Balaban J connectivity index is 1.97. The number of benzene rings is 2. The number of rotatable bonds is 7. The van der Waals surface area contributed by atoms with Gasteiger partial charge in [-0.2, -0.15) is 13.2 Å². The summed E-state index contributed by atoms with van der Waals surface area (Å²) in [7, 11) is 0. The second-order valence-corrected chi connectivity index (χ2v) is 10.9.